The van der Waals surface area contributed by atoms with Crippen molar-refractivity contribution in [3.8, 4) is 16.9 Å². The number of hydrogen-bond donors (Lipinski definition) is 1. The van der Waals surface area contributed by atoms with Crippen molar-refractivity contribution in [3.05, 3.63) is 52.0 Å². The summed E-state index contributed by atoms with van der Waals surface area (Å²) in [7, 11) is 0. The molecule has 1 atom stereocenters. The standard InChI is InChI=1S/C17H12Cl2F3NO3/c18-10-4-5-11(13(19)6-10)12-3-1-2-9-7-23-8-14(25-15(9)12)26-16(24)17(20,21)22/h1-6,14,23H,7-8H2. The smallest absolute Gasteiger partial charge is 0.452 e. The molecule has 2 aromatic rings. The first-order valence-corrected chi connectivity index (χ1v) is 8.24. The highest BCUT2D eigenvalue weighted by atomic mass is 35.5. The fraction of sp³-hybridized carbons (Fsp3) is 0.235. The van der Waals surface area contributed by atoms with E-state index in [0.29, 0.717) is 39.0 Å². The Labute approximate surface area is 156 Å². The Hall–Kier alpha value is -1.96. The van der Waals surface area contributed by atoms with Gasteiger partial charge in [-0.25, -0.2) is 4.79 Å². The fourth-order valence-corrected chi connectivity index (χ4v) is 3.04. The summed E-state index contributed by atoms with van der Waals surface area (Å²) in [6, 6.07) is 10.1. The Kier molecular flexibility index (Phi) is 5.32. The van der Waals surface area contributed by atoms with Crippen molar-refractivity contribution in [2.45, 2.75) is 19.0 Å². The lowest BCUT2D eigenvalue weighted by Gasteiger charge is -2.20. The number of hydrogen-bond acceptors (Lipinski definition) is 4. The maximum atomic E-state index is 12.5. The SMILES string of the molecule is O=C(OC1CNCc2cccc(-c3ccc(Cl)cc3Cl)c2O1)C(F)(F)F. The van der Waals surface area contributed by atoms with Crippen molar-refractivity contribution in [2.75, 3.05) is 6.54 Å². The number of alkyl halides is 3. The number of ether oxygens (including phenoxy) is 2. The Bertz CT molecular complexity index is 842. The van der Waals surface area contributed by atoms with Gasteiger partial charge in [-0.05, 0) is 12.1 Å². The monoisotopic (exact) mass is 405 g/mol. The predicted octanol–water partition coefficient (Wildman–Crippen LogP) is 4.57. The van der Waals surface area contributed by atoms with Gasteiger partial charge >= 0.3 is 12.1 Å². The van der Waals surface area contributed by atoms with Gasteiger partial charge in [-0.3, -0.25) is 0 Å². The third kappa shape index (κ3) is 4.06. The van der Waals surface area contributed by atoms with Gasteiger partial charge in [0.15, 0.2) is 0 Å². The Morgan fingerprint density at radius 2 is 1.96 bits per heavy atom. The van der Waals surface area contributed by atoms with Crippen LogP contribution in [-0.2, 0) is 16.1 Å². The van der Waals surface area contributed by atoms with E-state index in [0.717, 1.165) is 0 Å². The zero-order valence-electron chi connectivity index (χ0n) is 13.1. The molecule has 0 bridgehead atoms. The second-order valence-electron chi connectivity index (χ2n) is 5.50. The number of rotatable bonds is 2. The van der Waals surface area contributed by atoms with E-state index in [4.69, 9.17) is 27.9 Å². The minimum absolute atomic E-state index is 0.0930. The molecule has 1 aliphatic heterocycles. The second-order valence-corrected chi connectivity index (χ2v) is 6.34. The van der Waals surface area contributed by atoms with Gasteiger partial charge in [0.2, 0.25) is 0 Å². The summed E-state index contributed by atoms with van der Waals surface area (Å²) in [6.07, 6.45) is -6.53. The van der Waals surface area contributed by atoms with Crippen molar-refractivity contribution < 1.29 is 27.4 Å². The molecule has 0 saturated heterocycles. The average Bonchev–Trinajstić information content (AvgIpc) is 2.76. The molecule has 0 aromatic heterocycles. The minimum atomic E-state index is -5.10. The number of para-hydroxylation sites is 1. The molecular weight excluding hydrogens is 394 g/mol. The molecule has 9 heteroatoms. The first-order chi connectivity index (χ1) is 12.3. The number of benzene rings is 2. The molecular formula is C17H12Cl2F3NO3. The van der Waals surface area contributed by atoms with E-state index < -0.39 is 18.4 Å². The lowest BCUT2D eigenvalue weighted by molar-refractivity contribution is -0.215. The van der Waals surface area contributed by atoms with Gasteiger partial charge in [-0.1, -0.05) is 47.5 Å². The Morgan fingerprint density at radius 1 is 1.19 bits per heavy atom. The first-order valence-electron chi connectivity index (χ1n) is 7.48. The molecule has 1 unspecified atom stereocenters. The van der Waals surface area contributed by atoms with E-state index in [2.05, 4.69) is 10.1 Å². The molecule has 138 valence electrons. The van der Waals surface area contributed by atoms with Crippen molar-refractivity contribution in [1.29, 1.82) is 0 Å². The number of carbonyl (C=O) groups is 1. The Balaban J connectivity index is 1.96. The number of esters is 1. The van der Waals surface area contributed by atoms with Crippen LogP contribution in [0.3, 0.4) is 0 Å². The fourth-order valence-electron chi connectivity index (χ4n) is 2.53. The molecule has 0 fully saturated rings. The van der Waals surface area contributed by atoms with E-state index in [1.54, 1.807) is 36.4 Å². The zero-order chi connectivity index (χ0) is 18.9. The van der Waals surface area contributed by atoms with Crippen LogP contribution in [0.2, 0.25) is 10.0 Å². The van der Waals surface area contributed by atoms with E-state index in [1.807, 2.05) is 0 Å². The van der Waals surface area contributed by atoms with Crippen molar-refractivity contribution in [3.63, 3.8) is 0 Å². The summed E-state index contributed by atoms with van der Waals surface area (Å²) in [6.45, 7) is 0.235. The van der Waals surface area contributed by atoms with Crippen LogP contribution in [0.15, 0.2) is 36.4 Å². The molecule has 0 saturated carbocycles. The summed E-state index contributed by atoms with van der Waals surface area (Å²) in [5.41, 5.74) is 1.84. The first kappa shape index (κ1) is 18.8. The van der Waals surface area contributed by atoms with Crippen LogP contribution in [0.25, 0.3) is 11.1 Å². The molecule has 4 nitrogen and oxygen atoms in total. The largest absolute Gasteiger partial charge is 0.491 e. The van der Waals surface area contributed by atoms with Gasteiger partial charge in [0, 0.05) is 28.3 Å². The average molecular weight is 406 g/mol. The quantitative estimate of drug-likeness (QED) is 0.743. The van der Waals surface area contributed by atoms with Gasteiger partial charge in [-0.2, -0.15) is 13.2 Å². The van der Waals surface area contributed by atoms with Crippen molar-refractivity contribution in [1.82, 2.24) is 5.32 Å². The second kappa shape index (κ2) is 7.34. The molecule has 0 radical (unpaired) electrons. The van der Waals surface area contributed by atoms with Crippen molar-refractivity contribution >= 4 is 29.2 Å². The highest BCUT2D eigenvalue weighted by Gasteiger charge is 2.43. The topological polar surface area (TPSA) is 47.6 Å². The van der Waals surface area contributed by atoms with Crippen LogP contribution in [0, 0.1) is 0 Å². The number of carbonyl (C=O) groups excluding carboxylic acids is 1. The van der Waals surface area contributed by atoms with E-state index >= 15 is 0 Å². The van der Waals surface area contributed by atoms with E-state index in [-0.39, 0.29) is 6.54 Å². The van der Waals surface area contributed by atoms with Gasteiger partial charge in [0.25, 0.3) is 6.29 Å². The highest BCUT2D eigenvalue weighted by Crippen LogP contribution is 2.39. The van der Waals surface area contributed by atoms with Crippen molar-refractivity contribution in [2.24, 2.45) is 0 Å². The molecule has 0 amide bonds. The molecule has 1 aliphatic rings. The number of fused-ring (bicyclic) bond motifs is 1. The van der Waals surface area contributed by atoms with E-state index in [9.17, 15) is 18.0 Å². The maximum absolute atomic E-state index is 12.5. The summed E-state index contributed by atoms with van der Waals surface area (Å²) >= 11 is 12.1. The van der Waals surface area contributed by atoms with Gasteiger partial charge in [-0.15, -0.1) is 0 Å². The van der Waals surface area contributed by atoms with Gasteiger partial charge in [0.05, 0.1) is 11.6 Å². The van der Waals surface area contributed by atoms with Crippen LogP contribution in [0.4, 0.5) is 13.2 Å². The molecule has 0 spiro atoms. The third-order valence-corrected chi connectivity index (χ3v) is 4.21. The lowest BCUT2D eigenvalue weighted by atomic mass is 10.0. The van der Waals surface area contributed by atoms with E-state index in [1.165, 1.54) is 0 Å². The minimum Gasteiger partial charge on any atom is -0.452 e. The van der Waals surface area contributed by atoms with Crippen LogP contribution in [-0.4, -0.2) is 25.0 Å². The lowest BCUT2D eigenvalue weighted by Crippen LogP contribution is -2.37. The number of nitrogens with one attached hydrogen (secondary N) is 1. The molecule has 0 aliphatic carbocycles. The van der Waals surface area contributed by atoms with Gasteiger partial charge < -0.3 is 14.8 Å². The molecule has 26 heavy (non-hydrogen) atoms. The third-order valence-electron chi connectivity index (χ3n) is 3.66. The summed E-state index contributed by atoms with van der Waals surface area (Å²) in [4.78, 5) is 11.1. The normalized spacial score (nSPS) is 17.0. The zero-order valence-corrected chi connectivity index (χ0v) is 14.6. The molecule has 1 N–H and O–H groups in total. The van der Waals surface area contributed by atoms with Crippen LogP contribution >= 0.6 is 23.2 Å². The Morgan fingerprint density at radius 3 is 2.65 bits per heavy atom. The van der Waals surface area contributed by atoms with Crippen LogP contribution < -0.4 is 10.1 Å². The number of halogens is 5. The van der Waals surface area contributed by atoms with Crippen LogP contribution in [0.1, 0.15) is 5.56 Å². The summed E-state index contributed by atoms with van der Waals surface area (Å²) in [5, 5.41) is 3.69. The van der Waals surface area contributed by atoms with Gasteiger partial charge in [0.1, 0.15) is 5.75 Å². The predicted molar refractivity (Wildman–Crippen MR) is 90.2 cm³/mol. The summed E-state index contributed by atoms with van der Waals surface area (Å²) < 4.78 is 47.4. The molecule has 3 rings (SSSR count). The van der Waals surface area contributed by atoms with Crippen LogP contribution in [0.5, 0.6) is 5.75 Å². The molecule has 1 heterocycles. The maximum Gasteiger partial charge on any atom is 0.491 e. The highest BCUT2D eigenvalue weighted by molar-refractivity contribution is 6.36. The molecule has 2 aromatic carbocycles. The summed E-state index contributed by atoms with van der Waals surface area (Å²) in [5.74, 6) is -2.02.